The predicted molar refractivity (Wildman–Crippen MR) is 87.2 cm³/mol. The zero-order valence-corrected chi connectivity index (χ0v) is 13.4. The molecule has 1 aromatic carbocycles. The number of thiol groups is 1. The van der Waals surface area contributed by atoms with Crippen molar-refractivity contribution >= 4 is 18.6 Å². The van der Waals surface area contributed by atoms with Crippen molar-refractivity contribution in [2.75, 3.05) is 6.61 Å². The Kier molecular flexibility index (Phi) is 8.43. The van der Waals surface area contributed by atoms with Gasteiger partial charge in [-0.15, -0.1) is 0 Å². The van der Waals surface area contributed by atoms with Crippen molar-refractivity contribution in [3.63, 3.8) is 0 Å². The summed E-state index contributed by atoms with van der Waals surface area (Å²) in [5.41, 5.74) is 1.11. The Bertz CT molecular complexity index is 378. The van der Waals surface area contributed by atoms with E-state index >= 15 is 0 Å². The second kappa shape index (κ2) is 9.87. The van der Waals surface area contributed by atoms with E-state index in [1.54, 1.807) is 0 Å². The molecule has 112 valence electrons. The minimum Gasteiger partial charge on any atom is -0.465 e. The number of carbonyl (C=O) groups excluding carboxylic acids is 1. The van der Waals surface area contributed by atoms with E-state index in [9.17, 15) is 4.79 Å². The highest BCUT2D eigenvalue weighted by Crippen LogP contribution is 2.15. The lowest BCUT2D eigenvalue weighted by Gasteiger charge is -2.16. The highest BCUT2D eigenvalue weighted by molar-refractivity contribution is 7.81. The van der Waals surface area contributed by atoms with Crippen LogP contribution in [0.2, 0.25) is 0 Å². The van der Waals surface area contributed by atoms with Gasteiger partial charge in [0.1, 0.15) is 5.25 Å². The van der Waals surface area contributed by atoms with Crippen molar-refractivity contribution in [2.24, 2.45) is 5.92 Å². The third kappa shape index (κ3) is 6.47. The van der Waals surface area contributed by atoms with Gasteiger partial charge in [-0.2, -0.15) is 12.6 Å². The van der Waals surface area contributed by atoms with E-state index in [1.165, 1.54) is 12.8 Å². The van der Waals surface area contributed by atoms with E-state index in [1.807, 2.05) is 30.3 Å². The van der Waals surface area contributed by atoms with Gasteiger partial charge in [0.05, 0.1) is 6.61 Å². The van der Waals surface area contributed by atoms with Crippen LogP contribution in [-0.4, -0.2) is 17.8 Å². The summed E-state index contributed by atoms with van der Waals surface area (Å²) in [6.45, 7) is 4.86. The van der Waals surface area contributed by atoms with Crippen LogP contribution in [0.15, 0.2) is 30.3 Å². The van der Waals surface area contributed by atoms with Crippen molar-refractivity contribution in [3.8, 4) is 0 Å². The Labute approximate surface area is 128 Å². The van der Waals surface area contributed by atoms with Gasteiger partial charge in [-0.25, -0.2) is 0 Å². The number of hydrogen-bond donors (Lipinski definition) is 1. The van der Waals surface area contributed by atoms with Crippen LogP contribution in [0, 0.1) is 5.92 Å². The topological polar surface area (TPSA) is 26.3 Å². The van der Waals surface area contributed by atoms with Crippen molar-refractivity contribution < 1.29 is 9.53 Å². The monoisotopic (exact) mass is 294 g/mol. The molecule has 0 aliphatic carbocycles. The lowest BCUT2D eigenvalue weighted by atomic mass is 10.0. The molecule has 1 rings (SSSR count). The van der Waals surface area contributed by atoms with Crippen LogP contribution >= 0.6 is 12.6 Å². The first-order chi connectivity index (χ1) is 9.67. The summed E-state index contributed by atoms with van der Waals surface area (Å²) in [5.74, 6) is 0.281. The van der Waals surface area contributed by atoms with Gasteiger partial charge >= 0.3 is 5.97 Å². The number of carbonyl (C=O) groups is 1. The van der Waals surface area contributed by atoms with Gasteiger partial charge < -0.3 is 4.74 Å². The van der Waals surface area contributed by atoms with Crippen molar-refractivity contribution in [1.82, 2.24) is 0 Å². The molecule has 0 spiro atoms. The number of ether oxygens (including phenoxy) is 1. The summed E-state index contributed by atoms with van der Waals surface area (Å²) in [4.78, 5) is 11.9. The molecule has 0 fully saturated rings. The van der Waals surface area contributed by atoms with E-state index in [2.05, 4.69) is 26.5 Å². The number of unbranched alkanes of at least 4 members (excludes halogenated alkanes) is 1. The van der Waals surface area contributed by atoms with E-state index in [4.69, 9.17) is 4.74 Å². The first kappa shape index (κ1) is 17.1. The summed E-state index contributed by atoms with van der Waals surface area (Å²) in [6, 6.07) is 9.92. The summed E-state index contributed by atoms with van der Waals surface area (Å²) < 4.78 is 5.41. The summed E-state index contributed by atoms with van der Waals surface area (Å²) in [6.07, 6.45) is 5.20. The number of esters is 1. The molecule has 0 aliphatic rings. The second-order valence-corrected chi connectivity index (χ2v) is 5.88. The molecular formula is C17H26O2S. The third-order valence-electron chi connectivity index (χ3n) is 3.55. The zero-order valence-electron chi connectivity index (χ0n) is 12.5. The molecule has 0 aliphatic heterocycles. The average Bonchev–Trinajstić information content (AvgIpc) is 2.48. The normalized spacial score (nSPS) is 13.8. The van der Waals surface area contributed by atoms with Crippen LogP contribution < -0.4 is 0 Å². The Morgan fingerprint density at radius 1 is 1.25 bits per heavy atom. The number of rotatable bonds is 9. The molecule has 0 saturated heterocycles. The quantitative estimate of drug-likeness (QED) is 0.543. The largest absolute Gasteiger partial charge is 0.465 e. The average molecular weight is 294 g/mol. The fraction of sp³-hybridized carbons (Fsp3) is 0.588. The van der Waals surface area contributed by atoms with Crippen LogP contribution in [0.4, 0.5) is 0 Å². The van der Waals surface area contributed by atoms with Crippen molar-refractivity contribution in [3.05, 3.63) is 35.9 Å². The Morgan fingerprint density at radius 2 is 1.95 bits per heavy atom. The summed E-state index contributed by atoms with van der Waals surface area (Å²) in [7, 11) is 0. The van der Waals surface area contributed by atoms with E-state index in [-0.39, 0.29) is 11.2 Å². The third-order valence-corrected chi connectivity index (χ3v) is 3.94. The minimum absolute atomic E-state index is 0.202. The van der Waals surface area contributed by atoms with Gasteiger partial charge in [0.25, 0.3) is 0 Å². The van der Waals surface area contributed by atoms with Crippen molar-refractivity contribution in [2.45, 2.75) is 51.2 Å². The van der Waals surface area contributed by atoms with Gasteiger partial charge in [0.15, 0.2) is 0 Å². The molecule has 20 heavy (non-hydrogen) atoms. The molecule has 2 nitrogen and oxygen atoms in total. The van der Waals surface area contributed by atoms with Crippen molar-refractivity contribution in [1.29, 1.82) is 0 Å². The van der Waals surface area contributed by atoms with Gasteiger partial charge in [0, 0.05) is 0 Å². The molecule has 1 aromatic rings. The fourth-order valence-corrected chi connectivity index (χ4v) is 2.40. The smallest absolute Gasteiger partial charge is 0.319 e. The predicted octanol–water partition coefficient (Wildman–Crippen LogP) is 4.29. The van der Waals surface area contributed by atoms with Crippen LogP contribution in [0.5, 0.6) is 0 Å². The van der Waals surface area contributed by atoms with E-state index in [0.717, 1.165) is 18.4 Å². The minimum atomic E-state index is -0.374. The Hall–Kier alpha value is -0.960. The molecule has 0 amide bonds. The highest BCUT2D eigenvalue weighted by atomic mass is 32.1. The van der Waals surface area contributed by atoms with Crippen LogP contribution in [-0.2, 0) is 16.0 Å². The fourth-order valence-electron chi connectivity index (χ4n) is 2.11. The zero-order chi connectivity index (χ0) is 14.8. The maximum atomic E-state index is 11.9. The first-order valence-electron chi connectivity index (χ1n) is 7.56. The standard InChI is InChI=1S/C17H26O2S/c1-3-5-9-14(4-2)13-19-17(18)16(20)12-15-10-7-6-8-11-15/h6-8,10-11,14,16,20H,3-5,9,12-13H2,1-2H3. The number of benzene rings is 1. The first-order valence-corrected chi connectivity index (χ1v) is 8.07. The Morgan fingerprint density at radius 3 is 2.55 bits per heavy atom. The molecule has 0 N–H and O–H groups in total. The molecular weight excluding hydrogens is 268 g/mol. The lowest BCUT2D eigenvalue weighted by molar-refractivity contribution is -0.144. The SMILES string of the molecule is CCCCC(CC)COC(=O)C(S)Cc1ccccc1. The number of hydrogen-bond acceptors (Lipinski definition) is 3. The summed E-state index contributed by atoms with van der Waals surface area (Å²) >= 11 is 4.36. The van der Waals surface area contributed by atoms with Gasteiger partial charge in [-0.05, 0) is 24.3 Å². The van der Waals surface area contributed by atoms with Gasteiger partial charge in [0.2, 0.25) is 0 Å². The molecule has 0 bridgehead atoms. The maximum Gasteiger partial charge on any atom is 0.319 e. The Balaban J connectivity index is 2.34. The van der Waals surface area contributed by atoms with Crippen LogP contribution in [0.25, 0.3) is 0 Å². The second-order valence-electron chi connectivity index (χ2n) is 5.25. The van der Waals surface area contributed by atoms with Gasteiger partial charge in [-0.1, -0.05) is 63.4 Å². The lowest BCUT2D eigenvalue weighted by Crippen LogP contribution is -2.23. The molecule has 0 radical (unpaired) electrons. The molecule has 2 unspecified atom stereocenters. The molecule has 0 aromatic heterocycles. The van der Waals surface area contributed by atoms with Crippen LogP contribution in [0.1, 0.15) is 45.1 Å². The maximum absolute atomic E-state index is 11.9. The molecule has 0 heterocycles. The molecule has 2 atom stereocenters. The molecule has 3 heteroatoms. The van der Waals surface area contributed by atoms with E-state index in [0.29, 0.717) is 18.9 Å². The van der Waals surface area contributed by atoms with Gasteiger partial charge in [-0.3, -0.25) is 4.79 Å². The van der Waals surface area contributed by atoms with E-state index < -0.39 is 0 Å². The highest BCUT2D eigenvalue weighted by Gasteiger charge is 2.17. The summed E-state index contributed by atoms with van der Waals surface area (Å²) in [5, 5.41) is -0.374. The molecule has 0 saturated carbocycles. The van der Waals surface area contributed by atoms with Crippen LogP contribution in [0.3, 0.4) is 0 Å².